The van der Waals surface area contributed by atoms with Crippen LogP contribution < -0.4 is 4.74 Å². The molecule has 0 unspecified atom stereocenters. The molecule has 0 aliphatic heterocycles. The van der Waals surface area contributed by atoms with Crippen molar-refractivity contribution in [2.75, 3.05) is 6.54 Å². The van der Waals surface area contributed by atoms with Gasteiger partial charge in [0, 0.05) is 17.5 Å². The van der Waals surface area contributed by atoms with E-state index in [1.807, 2.05) is 52.7 Å². The Morgan fingerprint density at radius 2 is 1.89 bits per heavy atom. The van der Waals surface area contributed by atoms with Gasteiger partial charge in [-0.15, -0.1) is 11.3 Å². The second-order valence-corrected chi connectivity index (χ2v) is 7.80. The van der Waals surface area contributed by atoms with E-state index >= 15 is 0 Å². The highest BCUT2D eigenvalue weighted by atomic mass is 32.1. The minimum absolute atomic E-state index is 0.0448. The van der Waals surface area contributed by atoms with E-state index in [0.29, 0.717) is 25.3 Å². The van der Waals surface area contributed by atoms with Crippen molar-refractivity contribution in [1.29, 1.82) is 0 Å². The number of carbonyl (C=O) groups excluding carboxylic acids is 1. The molecule has 0 aliphatic rings. The third kappa shape index (κ3) is 5.20. The number of hydrogen-bond acceptors (Lipinski definition) is 4. The van der Waals surface area contributed by atoms with Gasteiger partial charge in [-0.3, -0.25) is 4.79 Å². The Morgan fingerprint density at radius 3 is 2.61 bits per heavy atom. The number of benzene rings is 2. The number of aryl methyl sites for hydroxylation is 2. The van der Waals surface area contributed by atoms with E-state index in [0.717, 1.165) is 22.9 Å². The standard InChI is InChI=1S/C23H26N2O2S/c1-4-12-25(23(26)19-8-6-5-7-9-19)14-20-16-28-22(24-20)15-27-21-11-10-17(2)18(3)13-21/h5-11,13,16H,4,12,14-15H2,1-3H3. The SMILES string of the molecule is CCCN(Cc1csc(COc2ccc(C)c(C)c2)n1)C(=O)c1ccccc1. The molecule has 0 saturated carbocycles. The summed E-state index contributed by atoms with van der Waals surface area (Å²) in [6.07, 6.45) is 0.908. The average Bonchev–Trinajstić information content (AvgIpc) is 3.16. The number of nitrogens with zero attached hydrogens (tertiary/aromatic N) is 2. The van der Waals surface area contributed by atoms with Gasteiger partial charge in [-0.25, -0.2) is 4.98 Å². The molecule has 2 aromatic carbocycles. The van der Waals surface area contributed by atoms with Crippen LogP contribution >= 0.6 is 11.3 Å². The van der Waals surface area contributed by atoms with Crippen LogP contribution in [0.2, 0.25) is 0 Å². The summed E-state index contributed by atoms with van der Waals surface area (Å²) in [6.45, 7) is 7.91. The van der Waals surface area contributed by atoms with E-state index in [1.54, 1.807) is 11.3 Å². The minimum Gasteiger partial charge on any atom is -0.486 e. The van der Waals surface area contributed by atoms with Crippen molar-refractivity contribution >= 4 is 17.2 Å². The van der Waals surface area contributed by atoms with Crippen LogP contribution in [-0.2, 0) is 13.2 Å². The lowest BCUT2D eigenvalue weighted by Gasteiger charge is -2.21. The van der Waals surface area contributed by atoms with Gasteiger partial charge in [0.15, 0.2) is 0 Å². The van der Waals surface area contributed by atoms with Gasteiger partial charge in [0.1, 0.15) is 17.4 Å². The zero-order chi connectivity index (χ0) is 19.9. The monoisotopic (exact) mass is 394 g/mol. The molecule has 1 amide bonds. The lowest BCUT2D eigenvalue weighted by atomic mass is 10.1. The summed E-state index contributed by atoms with van der Waals surface area (Å²) in [5.41, 5.74) is 4.08. The topological polar surface area (TPSA) is 42.4 Å². The van der Waals surface area contributed by atoms with E-state index in [4.69, 9.17) is 4.74 Å². The highest BCUT2D eigenvalue weighted by Gasteiger charge is 2.16. The zero-order valence-corrected chi connectivity index (χ0v) is 17.5. The average molecular weight is 395 g/mol. The van der Waals surface area contributed by atoms with Gasteiger partial charge in [0.25, 0.3) is 5.91 Å². The van der Waals surface area contributed by atoms with Crippen molar-refractivity contribution in [3.8, 4) is 5.75 Å². The number of ether oxygens (including phenoxy) is 1. The van der Waals surface area contributed by atoms with E-state index in [1.165, 1.54) is 11.1 Å². The largest absolute Gasteiger partial charge is 0.486 e. The highest BCUT2D eigenvalue weighted by Crippen LogP contribution is 2.20. The van der Waals surface area contributed by atoms with Crippen molar-refractivity contribution in [2.45, 2.75) is 40.3 Å². The first-order chi connectivity index (χ1) is 13.6. The quantitative estimate of drug-likeness (QED) is 0.514. The van der Waals surface area contributed by atoms with Crippen LogP contribution in [0.1, 0.15) is 45.5 Å². The van der Waals surface area contributed by atoms with Gasteiger partial charge in [-0.05, 0) is 55.7 Å². The van der Waals surface area contributed by atoms with E-state index < -0.39 is 0 Å². The lowest BCUT2D eigenvalue weighted by molar-refractivity contribution is 0.0741. The van der Waals surface area contributed by atoms with Crippen molar-refractivity contribution in [3.63, 3.8) is 0 Å². The molecule has 1 aromatic heterocycles. The molecule has 4 nitrogen and oxygen atoms in total. The molecule has 1 heterocycles. The van der Waals surface area contributed by atoms with Crippen LogP contribution in [-0.4, -0.2) is 22.3 Å². The molecule has 28 heavy (non-hydrogen) atoms. The summed E-state index contributed by atoms with van der Waals surface area (Å²) < 4.78 is 5.88. The first-order valence-corrected chi connectivity index (χ1v) is 10.4. The van der Waals surface area contributed by atoms with Crippen LogP contribution in [0.15, 0.2) is 53.9 Å². The molecule has 0 spiro atoms. The molecule has 0 saturated heterocycles. The first kappa shape index (κ1) is 20.1. The fraction of sp³-hybridized carbons (Fsp3) is 0.304. The number of thiazole rings is 1. The van der Waals surface area contributed by atoms with E-state index in [9.17, 15) is 4.79 Å². The highest BCUT2D eigenvalue weighted by molar-refractivity contribution is 7.09. The zero-order valence-electron chi connectivity index (χ0n) is 16.6. The summed E-state index contributed by atoms with van der Waals surface area (Å²) in [5.74, 6) is 0.898. The van der Waals surface area contributed by atoms with Gasteiger partial charge >= 0.3 is 0 Å². The van der Waals surface area contributed by atoms with Crippen LogP contribution in [0, 0.1) is 13.8 Å². The maximum absolute atomic E-state index is 12.8. The Hall–Kier alpha value is -2.66. The van der Waals surface area contributed by atoms with Crippen molar-refractivity contribution in [1.82, 2.24) is 9.88 Å². The Balaban J connectivity index is 1.63. The number of carbonyl (C=O) groups is 1. The van der Waals surface area contributed by atoms with Gasteiger partial charge in [0.05, 0.1) is 12.2 Å². The van der Waals surface area contributed by atoms with Crippen molar-refractivity contribution in [3.05, 3.63) is 81.3 Å². The second-order valence-electron chi connectivity index (χ2n) is 6.86. The smallest absolute Gasteiger partial charge is 0.254 e. The molecule has 0 aliphatic carbocycles. The Kier molecular flexibility index (Phi) is 6.82. The second kappa shape index (κ2) is 9.51. The van der Waals surface area contributed by atoms with Crippen molar-refractivity contribution < 1.29 is 9.53 Å². The molecule has 0 N–H and O–H groups in total. The maximum Gasteiger partial charge on any atom is 0.254 e. The van der Waals surface area contributed by atoms with Gasteiger partial charge < -0.3 is 9.64 Å². The molecule has 146 valence electrons. The minimum atomic E-state index is 0.0448. The predicted molar refractivity (Wildman–Crippen MR) is 114 cm³/mol. The number of amides is 1. The maximum atomic E-state index is 12.8. The Labute approximate surface area is 170 Å². The number of aromatic nitrogens is 1. The molecule has 5 heteroatoms. The Bertz CT molecular complexity index is 921. The fourth-order valence-electron chi connectivity index (χ4n) is 2.92. The van der Waals surface area contributed by atoms with Crippen LogP contribution in [0.5, 0.6) is 5.75 Å². The molecule has 0 radical (unpaired) electrons. The van der Waals surface area contributed by atoms with Crippen LogP contribution in [0.25, 0.3) is 0 Å². The van der Waals surface area contributed by atoms with Crippen LogP contribution in [0.4, 0.5) is 0 Å². The van der Waals surface area contributed by atoms with Crippen LogP contribution in [0.3, 0.4) is 0 Å². The Morgan fingerprint density at radius 1 is 1.11 bits per heavy atom. The molecule has 3 aromatic rings. The molecule has 3 rings (SSSR count). The molecule has 0 bridgehead atoms. The summed E-state index contributed by atoms with van der Waals surface area (Å²) in [5, 5.41) is 2.93. The summed E-state index contributed by atoms with van der Waals surface area (Å²) >= 11 is 1.57. The van der Waals surface area contributed by atoms with Gasteiger partial charge in [-0.2, -0.15) is 0 Å². The van der Waals surface area contributed by atoms with Gasteiger partial charge in [-0.1, -0.05) is 31.2 Å². The summed E-state index contributed by atoms with van der Waals surface area (Å²) in [7, 11) is 0. The lowest BCUT2D eigenvalue weighted by Crippen LogP contribution is -2.31. The first-order valence-electron chi connectivity index (χ1n) is 9.54. The molecular weight excluding hydrogens is 368 g/mol. The molecular formula is C23H26N2O2S. The summed E-state index contributed by atoms with van der Waals surface area (Å²) in [6, 6.07) is 15.5. The fourth-order valence-corrected chi connectivity index (χ4v) is 3.61. The normalized spacial score (nSPS) is 10.7. The third-order valence-electron chi connectivity index (χ3n) is 4.59. The van der Waals surface area contributed by atoms with Gasteiger partial charge in [0.2, 0.25) is 0 Å². The molecule has 0 fully saturated rings. The third-order valence-corrected chi connectivity index (χ3v) is 5.47. The number of rotatable bonds is 8. The predicted octanol–water partition coefficient (Wildman–Crippen LogP) is 5.39. The van der Waals surface area contributed by atoms with Crippen molar-refractivity contribution in [2.24, 2.45) is 0 Å². The number of hydrogen-bond donors (Lipinski definition) is 0. The summed E-state index contributed by atoms with van der Waals surface area (Å²) in [4.78, 5) is 19.3. The van der Waals surface area contributed by atoms with E-state index in [2.05, 4.69) is 31.8 Å². The molecule has 0 atom stereocenters. The van der Waals surface area contributed by atoms with E-state index in [-0.39, 0.29) is 5.91 Å².